The van der Waals surface area contributed by atoms with Crippen molar-refractivity contribution in [2.24, 2.45) is 0 Å². The van der Waals surface area contributed by atoms with Gasteiger partial charge < -0.3 is 10.2 Å². The van der Waals surface area contributed by atoms with Gasteiger partial charge >= 0.3 is 6.03 Å². The lowest BCUT2D eigenvalue weighted by molar-refractivity contribution is 0.196. The summed E-state index contributed by atoms with van der Waals surface area (Å²) in [5.74, 6) is 0. The highest BCUT2D eigenvalue weighted by Gasteiger charge is 2.13. The zero-order valence-corrected chi connectivity index (χ0v) is 13.8. The van der Waals surface area contributed by atoms with Crippen LogP contribution in [0.25, 0.3) is 0 Å². The number of nitrogens with one attached hydrogen (secondary N) is 1. The van der Waals surface area contributed by atoms with Gasteiger partial charge in [-0.15, -0.1) is 0 Å². The fourth-order valence-corrected chi connectivity index (χ4v) is 2.19. The fourth-order valence-electron chi connectivity index (χ4n) is 2.19. The summed E-state index contributed by atoms with van der Waals surface area (Å²) in [5.41, 5.74) is 3.39. The third kappa shape index (κ3) is 5.62. The molecule has 0 saturated carbocycles. The molecule has 0 bridgehead atoms. The SMILES string of the molecule is CC/C(C)=C/NC(=O)N(Cc1ccccc1)Cc1ccccc1. The Morgan fingerprint density at radius 3 is 1.87 bits per heavy atom. The Balaban J connectivity index is 2.11. The predicted octanol–water partition coefficient (Wildman–Crippen LogP) is 4.71. The molecule has 0 radical (unpaired) electrons. The molecule has 0 aliphatic heterocycles. The van der Waals surface area contributed by atoms with E-state index >= 15 is 0 Å². The minimum Gasteiger partial charge on any atom is -0.316 e. The quantitative estimate of drug-likeness (QED) is 0.823. The summed E-state index contributed by atoms with van der Waals surface area (Å²) in [6.45, 7) is 5.25. The van der Waals surface area contributed by atoms with E-state index in [9.17, 15) is 4.79 Å². The maximum Gasteiger partial charge on any atom is 0.321 e. The molecule has 1 N–H and O–H groups in total. The number of hydrogen-bond donors (Lipinski definition) is 1. The first kappa shape index (κ1) is 16.8. The van der Waals surface area contributed by atoms with E-state index in [0.29, 0.717) is 13.1 Å². The molecule has 0 aliphatic carbocycles. The molecule has 0 spiro atoms. The number of nitrogens with zero attached hydrogens (tertiary/aromatic N) is 1. The van der Waals surface area contributed by atoms with Gasteiger partial charge in [-0.05, 0) is 24.5 Å². The number of urea groups is 1. The molecule has 2 aromatic rings. The average molecular weight is 308 g/mol. The Morgan fingerprint density at radius 2 is 1.43 bits per heavy atom. The topological polar surface area (TPSA) is 32.3 Å². The average Bonchev–Trinajstić information content (AvgIpc) is 2.60. The number of hydrogen-bond acceptors (Lipinski definition) is 1. The van der Waals surface area contributed by atoms with Crippen LogP contribution in [-0.2, 0) is 13.1 Å². The molecular formula is C20H24N2O. The van der Waals surface area contributed by atoms with E-state index in [2.05, 4.69) is 12.2 Å². The van der Waals surface area contributed by atoms with Crippen LogP contribution in [0.4, 0.5) is 4.79 Å². The summed E-state index contributed by atoms with van der Waals surface area (Å²) in [7, 11) is 0. The van der Waals surface area contributed by atoms with E-state index < -0.39 is 0 Å². The Kier molecular flexibility index (Phi) is 6.42. The number of amides is 2. The van der Waals surface area contributed by atoms with Crippen LogP contribution in [0.2, 0.25) is 0 Å². The normalized spacial score (nSPS) is 11.1. The lowest BCUT2D eigenvalue weighted by atomic mass is 10.2. The highest BCUT2D eigenvalue weighted by Crippen LogP contribution is 2.10. The van der Waals surface area contributed by atoms with Crippen LogP contribution in [0.15, 0.2) is 72.4 Å². The summed E-state index contributed by atoms with van der Waals surface area (Å²) in [6.07, 6.45) is 2.73. The molecule has 0 aliphatic rings. The van der Waals surface area contributed by atoms with Gasteiger partial charge in [0.1, 0.15) is 0 Å². The molecule has 2 aromatic carbocycles. The highest BCUT2D eigenvalue weighted by atomic mass is 16.2. The zero-order valence-electron chi connectivity index (χ0n) is 13.8. The number of benzene rings is 2. The standard InChI is InChI=1S/C20H24N2O/c1-3-17(2)14-21-20(23)22(15-18-10-6-4-7-11-18)16-19-12-8-5-9-13-19/h4-14H,3,15-16H2,1-2H3,(H,21,23)/b17-14+. The second-order valence-corrected chi connectivity index (χ2v) is 5.62. The van der Waals surface area contributed by atoms with Crippen molar-refractivity contribution in [3.63, 3.8) is 0 Å². The van der Waals surface area contributed by atoms with E-state index in [-0.39, 0.29) is 6.03 Å². The van der Waals surface area contributed by atoms with E-state index in [0.717, 1.165) is 23.1 Å². The van der Waals surface area contributed by atoms with Crippen molar-refractivity contribution in [1.29, 1.82) is 0 Å². The summed E-state index contributed by atoms with van der Waals surface area (Å²) >= 11 is 0. The van der Waals surface area contributed by atoms with Gasteiger partial charge in [0.2, 0.25) is 0 Å². The third-order valence-corrected chi connectivity index (χ3v) is 3.72. The van der Waals surface area contributed by atoms with Crippen molar-refractivity contribution in [2.45, 2.75) is 33.4 Å². The lowest BCUT2D eigenvalue weighted by Crippen LogP contribution is -2.36. The van der Waals surface area contributed by atoms with Gasteiger partial charge in [0.05, 0.1) is 0 Å². The second-order valence-electron chi connectivity index (χ2n) is 5.62. The van der Waals surface area contributed by atoms with Crippen LogP contribution >= 0.6 is 0 Å². The van der Waals surface area contributed by atoms with Crippen molar-refractivity contribution in [3.05, 3.63) is 83.6 Å². The Hall–Kier alpha value is -2.55. The molecule has 2 amide bonds. The highest BCUT2D eigenvalue weighted by molar-refractivity contribution is 5.75. The fraction of sp³-hybridized carbons (Fsp3) is 0.250. The van der Waals surface area contributed by atoms with E-state index in [4.69, 9.17) is 0 Å². The first-order valence-corrected chi connectivity index (χ1v) is 7.98. The zero-order chi connectivity index (χ0) is 16.5. The first-order valence-electron chi connectivity index (χ1n) is 7.98. The molecule has 2 rings (SSSR count). The van der Waals surface area contributed by atoms with Gasteiger partial charge in [-0.3, -0.25) is 0 Å². The van der Waals surface area contributed by atoms with Crippen molar-refractivity contribution in [1.82, 2.24) is 10.2 Å². The van der Waals surface area contributed by atoms with Gasteiger partial charge in [-0.2, -0.15) is 0 Å². The van der Waals surface area contributed by atoms with Crippen molar-refractivity contribution in [2.75, 3.05) is 0 Å². The molecule has 0 aromatic heterocycles. The van der Waals surface area contributed by atoms with Crippen molar-refractivity contribution in [3.8, 4) is 0 Å². The number of rotatable bonds is 6. The van der Waals surface area contributed by atoms with Gasteiger partial charge in [0.25, 0.3) is 0 Å². The molecule has 0 fully saturated rings. The summed E-state index contributed by atoms with van der Waals surface area (Å²) in [4.78, 5) is 14.4. The van der Waals surface area contributed by atoms with Gasteiger partial charge in [-0.1, -0.05) is 73.2 Å². The van der Waals surface area contributed by atoms with Gasteiger partial charge in [-0.25, -0.2) is 4.79 Å². The van der Waals surface area contributed by atoms with Crippen LogP contribution < -0.4 is 5.32 Å². The Morgan fingerprint density at radius 1 is 0.957 bits per heavy atom. The molecule has 3 heteroatoms. The molecule has 3 nitrogen and oxygen atoms in total. The molecular weight excluding hydrogens is 284 g/mol. The molecule has 23 heavy (non-hydrogen) atoms. The first-order chi connectivity index (χ1) is 11.2. The lowest BCUT2D eigenvalue weighted by Gasteiger charge is -2.23. The molecule has 0 saturated heterocycles. The Bertz CT molecular complexity index is 594. The Labute approximate surface area is 138 Å². The van der Waals surface area contributed by atoms with E-state index in [1.165, 1.54) is 0 Å². The second kappa shape index (κ2) is 8.79. The maximum absolute atomic E-state index is 12.5. The van der Waals surface area contributed by atoms with Crippen LogP contribution in [0, 0.1) is 0 Å². The number of carbonyl (C=O) groups excluding carboxylic acids is 1. The van der Waals surface area contributed by atoms with Gasteiger partial charge in [0.15, 0.2) is 0 Å². The van der Waals surface area contributed by atoms with Crippen LogP contribution in [0.5, 0.6) is 0 Å². The number of carbonyl (C=O) groups is 1. The van der Waals surface area contributed by atoms with Crippen LogP contribution in [0.3, 0.4) is 0 Å². The van der Waals surface area contributed by atoms with Crippen molar-refractivity contribution >= 4 is 6.03 Å². The number of allylic oxidation sites excluding steroid dienone is 1. The summed E-state index contributed by atoms with van der Waals surface area (Å²) in [6, 6.07) is 20.0. The van der Waals surface area contributed by atoms with E-state index in [1.54, 1.807) is 6.20 Å². The minimum atomic E-state index is -0.0782. The summed E-state index contributed by atoms with van der Waals surface area (Å²) < 4.78 is 0. The molecule has 0 unspecified atom stereocenters. The van der Waals surface area contributed by atoms with Gasteiger partial charge in [0, 0.05) is 19.3 Å². The van der Waals surface area contributed by atoms with E-state index in [1.807, 2.05) is 72.5 Å². The molecule has 0 heterocycles. The summed E-state index contributed by atoms with van der Waals surface area (Å²) in [5, 5.41) is 2.90. The van der Waals surface area contributed by atoms with Crippen molar-refractivity contribution < 1.29 is 4.79 Å². The third-order valence-electron chi connectivity index (χ3n) is 3.72. The minimum absolute atomic E-state index is 0.0782. The molecule has 120 valence electrons. The molecule has 0 atom stereocenters. The maximum atomic E-state index is 12.5. The largest absolute Gasteiger partial charge is 0.321 e. The monoisotopic (exact) mass is 308 g/mol. The van der Waals surface area contributed by atoms with Crippen LogP contribution in [0.1, 0.15) is 31.4 Å². The van der Waals surface area contributed by atoms with Crippen LogP contribution in [-0.4, -0.2) is 10.9 Å². The predicted molar refractivity (Wildman–Crippen MR) is 94.7 cm³/mol. The smallest absolute Gasteiger partial charge is 0.316 e.